The number of hydrogen-bond acceptors (Lipinski definition) is 6. The van der Waals surface area contributed by atoms with E-state index in [1.165, 1.54) is 24.3 Å². The molecule has 1 aliphatic rings. The summed E-state index contributed by atoms with van der Waals surface area (Å²) in [6, 6.07) is 14.8. The fourth-order valence-corrected chi connectivity index (χ4v) is 4.64. The van der Waals surface area contributed by atoms with Crippen molar-refractivity contribution in [3.05, 3.63) is 83.8 Å². The zero-order valence-corrected chi connectivity index (χ0v) is 19.3. The molecule has 0 saturated carbocycles. The molecule has 34 heavy (non-hydrogen) atoms. The number of hydrogen-bond donors (Lipinski definition) is 2. The van der Waals surface area contributed by atoms with E-state index >= 15 is 0 Å². The van der Waals surface area contributed by atoms with Gasteiger partial charge in [0.05, 0.1) is 4.90 Å². The van der Waals surface area contributed by atoms with Crippen LogP contribution in [0, 0.1) is 11.7 Å². The lowest BCUT2D eigenvalue weighted by molar-refractivity contribution is -0.123. The summed E-state index contributed by atoms with van der Waals surface area (Å²) < 4.78 is 45.9. The van der Waals surface area contributed by atoms with Crippen molar-refractivity contribution in [1.29, 1.82) is 0 Å². The number of rotatable bonds is 7. The van der Waals surface area contributed by atoms with Gasteiger partial charge in [-0.15, -0.1) is 0 Å². The Morgan fingerprint density at radius 2 is 1.94 bits per heavy atom. The number of benzene rings is 2. The molecular formula is C24H23FN4O4S. The molecule has 0 bridgehead atoms. The number of nitrogens with one attached hydrogen (secondary N) is 2. The second kappa shape index (κ2) is 9.60. The molecule has 0 spiro atoms. The second-order valence-corrected chi connectivity index (χ2v) is 9.70. The van der Waals surface area contributed by atoms with Crippen LogP contribution in [0.1, 0.15) is 25.0 Å². The predicted molar refractivity (Wildman–Crippen MR) is 124 cm³/mol. The largest absolute Gasteiger partial charge is 0.439 e. The van der Waals surface area contributed by atoms with Crippen molar-refractivity contribution < 1.29 is 22.3 Å². The Bertz CT molecular complexity index is 1340. The van der Waals surface area contributed by atoms with E-state index in [0.717, 1.165) is 5.56 Å². The molecule has 1 atom stereocenters. The molecule has 1 aromatic heterocycles. The average Bonchev–Trinajstić information content (AvgIpc) is 3.06. The van der Waals surface area contributed by atoms with E-state index in [0.29, 0.717) is 17.2 Å². The summed E-state index contributed by atoms with van der Waals surface area (Å²) >= 11 is 0. The molecule has 1 amide bonds. The van der Waals surface area contributed by atoms with Crippen molar-refractivity contribution in [1.82, 2.24) is 15.0 Å². The summed E-state index contributed by atoms with van der Waals surface area (Å²) in [5.41, 5.74) is 1.17. The van der Waals surface area contributed by atoms with Crippen LogP contribution in [-0.2, 0) is 21.4 Å². The van der Waals surface area contributed by atoms with E-state index in [-0.39, 0.29) is 29.1 Å². The van der Waals surface area contributed by atoms with Gasteiger partial charge in [0.15, 0.2) is 0 Å². The lowest BCUT2D eigenvalue weighted by Crippen LogP contribution is -2.38. The number of sulfonamides is 1. The topological polar surface area (TPSA) is 110 Å². The van der Waals surface area contributed by atoms with Gasteiger partial charge in [0.1, 0.15) is 23.4 Å². The summed E-state index contributed by atoms with van der Waals surface area (Å²) in [4.78, 5) is 21.7. The number of carbonyl (C=O) groups excluding carboxylic acids is 1. The number of nitrogens with zero attached hydrogens (tertiary/aromatic N) is 2. The van der Waals surface area contributed by atoms with Gasteiger partial charge in [-0.05, 0) is 35.7 Å². The first kappa shape index (κ1) is 23.4. The van der Waals surface area contributed by atoms with Gasteiger partial charge >= 0.3 is 0 Å². The molecule has 8 nitrogen and oxygen atoms in total. The van der Waals surface area contributed by atoms with Crippen LogP contribution in [0.25, 0.3) is 0 Å². The number of aliphatic imine (C=N–C) groups is 1. The highest BCUT2D eigenvalue weighted by Gasteiger charge is 2.32. The van der Waals surface area contributed by atoms with Gasteiger partial charge < -0.3 is 10.1 Å². The summed E-state index contributed by atoms with van der Waals surface area (Å²) in [6.45, 7) is 3.87. The minimum absolute atomic E-state index is 0.142. The van der Waals surface area contributed by atoms with Crippen LogP contribution in [0.15, 0.2) is 76.7 Å². The number of carbonyl (C=O) groups is 1. The zero-order chi connectivity index (χ0) is 24.3. The van der Waals surface area contributed by atoms with E-state index < -0.39 is 21.9 Å². The Kier molecular flexibility index (Phi) is 6.60. The van der Waals surface area contributed by atoms with Gasteiger partial charge in [-0.1, -0.05) is 38.1 Å². The van der Waals surface area contributed by atoms with Crippen molar-refractivity contribution in [3.8, 4) is 11.6 Å². The molecule has 4 rings (SSSR count). The van der Waals surface area contributed by atoms with Crippen LogP contribution in [0.4, 0.5) is 4.39 Å². The SMILES string of the molecule is CC(C)[C@H](N=C1NS(=O)(=O)c2ccccc21)C(=O)NCc1ccc(Oc2cccc(F)c2)nc1. The molecule has 0 unspecified atom stereocenters. The fourth-order valence-electron chi connectivity index (χ4n) is 3.40. The molecule has 10 heteroatoms. The lowest BCUT2D eigenvalue weighted by Gasteiger charge is -2.17. The van der Waals surface area contributed by atoms with Gasteiger partial charge in [0, 0.05) is 30.4 Å². The van der Waals surface area contributed by atoms with E-state index in [4.69, 9.17) is 4.74 Å². The number of ether oxygens (including phenoxy) is 1. The molecule has 3 aromatic rings. The van der Waals surface area contributed by atoms with E-state index in [1.807, 2.05) is 13.8 Å². The van der Waals surface area contributed by atoms with Crippen LogP contribution in [0.3, 0.4) is 0 Å². The standard InChI is InChI=1S/C24H23FN4O4S/c1-15(2)22(28-23-19-8-3-4-9-20(19)34(31,32)29-23)24(30)27-14-16-10-11-21(26-13-16)33-18-7-5-6-17(25)12-18/h3-13,15,22H,14H2,1-2H3,(H,27,30)(H,28,29)/t22-/m0/s1. The maximum absolute atomic E-state index is 13.3. The Labute approximate surface area is 197 Å². The number of aromatic nitrogens is 1. The molecule has 0 saturated heterocycles. The summed E-state index contributed by atoms with van der Waals surface area (Å²) in [6.07, 6.45) is 1.55. The zero-order valence-electron chi connectivity index (χ0n) is 18.5. The van der Waals surface area contributed by atoms with Crippen molar-refractivity contribution in [3.63, 3.8) is 0 Å². The van der Waals surface area contributed by atoms with Crippen molar-refractivity contribution in [2.24, 2.45) is 10.9 Å². The third kappa shape index (κ3) is 5.23. The Hall–Kier alpha value is -3.79. The van der Waals surface area contributed by atoms with E-state index in [1.54, 1.807) is 42.6 Å². The minimum atomic E-state index is -3.69. The number of pyridine rings is 1. The highest BCUT2D eigenvalue weighted by Crippen LogP contribution is 2.24. The van der Waals surface area contributed by atoms with Gasteiger partial charge in [-0.2, -0.15) is 0 Å². The van der Waals surface area contributed by atoms with Crippen molar-refractivity contribution in [2.45, 2.75) is 31.3 Å². The predicted octanol–water partition coefficient (Wildman–Crippen LogP) is 3.39. The third-order valence-electron chi connectivity index (χ3n) is 5.11. The molecule has 1 aliphatic heterocycles. The fraction of sp³-hybridized carbons (Fsp3) is 0.208. The first-order chi connectivity index (χ1) is 16.2. The smallest absolute Gasteiger partial charge is 0.263 e. The summed E-state index contributed by atoms with van der Waals surface area (Å²) in [5, 5.41) is 2.82. The average molecular weight is 483 g/mol. The number of amidine groups is 1. The third-order valence-corrected chi connectivity index (χ3v) is 6.51. The van der Waals surface area contributed by atoms with Gasteiger partial charge in [0.2, 0.25) is 11.8 Å². The molecule has 2 heterocycles. The summed E-state index contributed by atoms with van der Waals surface area (Å²) in [5.74, 6) is -0.147. The quantitative estimate of drug-likeness (QED) is 0.537. The highest BCUT2D eigenvalue weighted by atomic mass is 32.2. The number of fused-ring (bicyclic) bond motifs is 1. The normalized spacial score (nSPS) is 16.1. The van der Waals surface area contributed by atoms with E-state index in [9.17, 15) is 17.6 Å². The second-order valence-electron chi connectivity index (χ2n) is 8.05. The lowest BCUT2D eigenvalue weighted by atomic mass is 10.0. The van der Waals surface area contributed by atoms with Crippen LogP contribution in [0.5, 0.6) is 11.6 Å². The van der Waals surface area contributed by atoms with Gasteiger partial charge in [-0.25, -0.2) is 17.8 Å². The highest BCUT2D eigenvalue weighted by molar-refractivity contribution is 7.90. The molecule has 2 N–H and O–H groups in total. The van der Waals surface area contributed by atoms with E-state index in [2.05, 4.69) is 20.0 Å². The van der Waals surface area contributed by atoms with Crippen LogP contribution < -0.4 is 14.8 Å². The van der Waals surface area contributed by atoms with Crippen molar-refractivity contribution in [2.75, 3.05) is 0 Å². The molecular weight excluding hydrogens is 459 g/mol. The maximum Gasteiger partial charge on any atom is 0.263 e. The summed E-state index contributed by atoms with van der Waals surface area (Å²) in [7, 11) is -3.69. The van der Waals surface area contributed by atoms with Crippen LogP contribution >= 0.6 is 0 Å². The molecule has 0 fully saturated rings. The Balaban J connectivity index is 1.43. The van der Waals surface area contributed by atoms with Crippen LogP contribution in [0.2, 0.25) is 0 Å². The number of amides is 1. The van der Waals surface area contributed by atoms with Crippen molar-refractivity contribution >= 4 is 21.8 Å². The minimum Gasteiger partial charge on any atom is -0.439 e. The number of halogens is 1. The first-order valence-electron chi connectivity index (χ1n) is 10.6. The monoisotopic (exact) mass is 482 g/mol. The van der Waals surface area contributed by atoms with Gasteiger partial charge in [0.25, 0.3) is 10.0 Å². The molecule has 2 aromatic carbocycles. The van der Waals surface area contributed by atoms with Gasteiger partial charge in [-0.3, -0.25) is 14.5 Å². The maximum atomic E-state index is 13.3. The Morgan fingerprint density at radius 1 is 1.15 bits per heavy atom. The first-order valence-corrected chi connectivity index (χ1v) is 12.1. The molecule has 0 aliphatic carbocycles. The molecule has 176 valence electrons. The Morgan fingerprint density at radius 3 is 2.65 bits per heavy atom. The van der Waals surface area contributed by atoms with Crippen LogP contribution in [-0.4, -0.2) is 31.2 Å². The molecule has 0 radical (unpaired) electrons.